The van der Waals surface area contributed by atoms with Gasteiger partial charge in [-0.05, 0) is 36.3 Å². The van der Waals surface area contributed by atoms with Crippen LogP contribution >= 0.6 is 0 Å². The number of carboxylic acid groups (broad SMARTS) is 1. The van der Waals surface area contributed by atoms with Crippen molar-refractivity contribution in [2.24, 2.45) is 11.3 Å². The van der Waals surface area contributed by atoms with Crippen molar-refractivity contribution in [1.29, 1.82) is 0 Å². The van der Waals surface area contributed by atoms with Crippen LogP contribution in [0, 0.1) is 11.3 Å². The van der Waals surface area contributed by atoms with Crippen LogP contribution in [0.5, 0.6) is 0 Å². The molecule has 116 valence electrons. The Labute approximate surface area is 126 Å². The van der Waals surface area contributed by atoms with Crippen LogP contribution in [-0.2, 0) is 4.74 Å². The number of aromatic carboxylic acids is 1. The Morgan fingerprint density at radius 2 is 1.76 bits per heavy atom. The van der Waals surface area contributed by atoms with Gasteiger partial charge >= 0.3 is 11.9 Å². The number of ether oxygens (including phenoxy) is 1. The van der Waals surface area contributed by atoms with E-state index in [2.05, 4.69) is 27.7 Å². The van der Waals surface area contributed by atoms with Gasteiger partial charge in [-0.2, -0.15) is 0 Å². The van der Waals surface area contributed by atoms with Crippen molar-refractivity contribution >= 4 is 11.9 Å². The first-order chi connectivity index (χ1) is 9.70. The minimum Gasteiger partial charge on any atom is -0.478 e. The molecule has 0 aromatic heterocycles. The van der Waals surface area contributed by atoms with Crippen LogP contribution in [0.25, 0.3) is 0 Å². The third kappa shape index (κ3) is 5.98. The number of esters is 1. The molecule has 0 unspecified atom stereocenters. The van der Waals surface area contributed by atoms with Gasteiger partial charge in [0.2, 0.25) is 0 Å². The standard InChI is InChI=1S/C17H24O4/c1-12(11-17(2,3)4)9-10-21-16(20)14-8-6-5-7-13(14)15(18)19/h5-8,12H,9-11H2,1-4H3,(H,18,19)/t12-/m1/s1. The smallest absolute Gasteiger partial charge is 0.339 e. The van der Waals surface area contributed by atoms with Gasteiger partial charge in [0.1, 0.15) is 0 Å². The fourth-order valence-electron chi connectivity index (χ4n) is 2.43. The first-order valence-corrected chi connectivity index (χ1v) is 7.20. The van der Waals surface area contributed by atoms with Gasteiger partial charge in [0.25, 0.3) is 0 Å². The van der Waals surface area contributed by atoms with E-state index in [9.17, 15) is 9.59 Å². The average Bonchev–Trinajstić information content (AvgIpc) is 2.36. The third-order valence-corrected chi connectivity index (χ3v) is 3.18. The van der Waals surface area contributed by atoms with Gasteiger partial charge in [-0.25, -0.2) is 9.59 Å². The van der Waals surface area contributed by atoms with E-state index in [1.165, 1.54) is 12.1 Å². The molecule has 4 heteroatoms. The lowest BCUT2D eigenvalue weighted by atomic mass is 9.84. The van der Waals surface area contributed by atoms with Crippen molar-refractivity contribution in [3.63, 3.8) is 0 Å². The van der Waals surface area contributed by atoms with Crippen molar-refractivity contribution in [1.82, 2.24) is 0 Å². The zero-order valence-electron chi connectivity index (χ0n) is 13.2. The lowest BCUT2D eigenvalue weighted by molar-refractivity contribution is 0.0469. The number of hydrogen-bond acceptors (Lipinski definition) is 3. The first-order valence-electron chi connectivity index (χ1n) is 7.20. The van der Waals surface area contributed by atoms with Gasteiger partial charge in [0.15, 0.2) is 0 Å². The summed E-state index contributed by atoms with van der Waals surface area (Å²) < 4.78 is 5.20. The second-order valence-corrected chi connectivity index (χ2v) is 6.65. The highest BCUT2D eigenvalue weighted by Gasteiger charge is 2.18. The molecule has 0 aliphatic heterocycles. The largest absolute Gasteiger partial charge is 0.478 e. The van der Waals surface area contributed by atoms with E-state index in [1.54, 1.807) is 12.1 Å². The maximum absolute atomic E-state index is 12.0. The van der Waals surface area contributed by atoms with E-state index < -0.39 is 11.9 Å². The van der Waals surface area contributed by atoms with E-state index in [-0.39, 0.29) is 16.5 Å². The van der Waals surface area contributed by atoms with Gasteiger partial charge in [0, 0.05) is 0 Å². The second-order valence-electron chi connectivity index (χ2n) is 6.65. The SMILES string of the molecule is C[C@H](CCOC(=O)c1ccccc1C(=O)O)CC(C)(C)C. The lowest BCUT2D eigenvalue weighted by Gasteiger charge is -2.23. The van der Waals surface area contributed by atoms with Crippen molar-refractivity contribution < 1.29 is 19.4 Å². The fourth-order valence-corrected chi connectivity index (χ4v) is 2.43. The Kier molecular flexibility index (Phi) is 5.94. The lowest BCUT2D eigenvalue weighted by Crippen LogP contribution is -2.15. The molecule has 0 radical (unpaired) electrons. The Bertz CT molecular complexity index is 500. The van der Waals surface area contributed by atoms with Crippen molar-refractivity contribution in [3.8, 4) is 0 Å². The molecule has 0 aliphatic carbocycles. The van der Waals surface area contributed by atoms with Gasteiger partial charge in [0.05, 0.1) is 17.7 Å². The molecule has 1 aromatic carbocycles. The van der Waals surface area contributed by atoms with Gasteiger partial charge in [-0.15, -0.1) is 0 Å². The number of benzene rings is 1. The minimum absolute atomic E-state index is 0.0229. The van der Waals surface area contributed by atoms with Crippen LogP contribution in [0.4, 0.5) is 0 Å². The molecule has 0 aliphatic rings. The molecule has 0 heterocycles. The molecular formula is C17H24O4. The Balaban J connectivity index is 2.54. The number of carboxylic acids is 1. The molecular weight excluding hydrogens is 268 g/mol. The molecule has 0 saturated carbocycles. The number of carbonyl (C=O) groups is 2. The summed E-state index contributed by atoms with van der Waals surface area (Å²) in [5.74, 6) is -1.24. The highest BCUT2D eigenvalue weighted by molar-refractivity contribution is 6.02. The number of hydrogen-bond donors (Lipinski definition) is 1. The molecule has 0 fully saturated rings. The van der Waals surface area contributed by atoms with Crippen LogP contribution in [0.15, 0.2) is 24.3 Å². The van der Waals surface area contributed by atoms with Gasteiger partial charge in [-0.3, -0.25) is 0 Å². The van der Waals surface area contributed by atoms with Gasteiger partial charge in [-0.1, -0.05) is 39.8 Å². The molecule has 1 rings (SSSR count). The van der Waals surface area contributed by atoms with Crippen LogP contribution in [-0.4, -0.2) is 23.7 Å². The molecule has 1 N–H and O–H groups in total. The zero-order chi connectivity index (χ0) is 16.0. The van der Waals surface area contributed by atoms with E-state index >= 15 is 0 Å². The van der Waals surface area contributed by atoms with Crippen molar-refractivity contribution in [2.45, 2.75) is 40.5 Å². The first kappa shape index (κ1) is 17.2. The van der Waals surface area contributed by atoms with E-state index in [0.29, 0.717) is 12.5 Å². The van der Waals surface area contributed by atoms with E-state index in [4.69, 9.17) is 9.84 Å². The summed E-state index contributed by atoms with van der Waals surface area (Å²) in [5.41, 5.74) is 0.331. The van der Waals surface area contributed by atoms with Crippen molar-refractivity contribution in [3.05, 3.63) is 35.4 Å². The van der Waals surface area contributed by atoms with E-state index in [1.807, 2.05) is 0 Å². The molecule has 0 bridgehead atoms. The molecule has 0 amide bonds. The predicted octanol–water partition coefficient (Wildman–Crippen LogP) is 4.00. The van der Waals surface area contributed by atoms with Gasteiger partial charge < -0.3 is 9.84 Å². The summed E-state index contributed by atoms with van der Waals surface area (Å²) in [6.45, 7) is 8.98. The maximum Gasteiger partial charge on any atom is 0.339 e. The summed E-state index contributed by atoms with van der Waals surface area (Å²) in [7, 11) is 0. The molecule has 1 atom stereocenters. The monoisotopic (exact) mass is 292 g/mol. The van der Waals surface area contributed by atoms with E-state index in [0.717, 1.165) is 12.8 Å². The zero-order valence-corrected chi connectivity index (χ0v) is 13.2. The molecule has 1 aromatic rings. The molecule has 0 saturated heterocycles. The summed E-state index contributed by atoms with van der Waals surface area (Å²) in [6.07, 6.45) is 1.83. The fraction of sp³-hybridized carbons (Fsp3) is 0.529. The third-order valence-electron chi connectivity index (χ3n) is 3.18. The Morgan fingerprint density at radius 3 is 2.29 bits per heavy atom. The van der Waals surface area contributed by atoms with Crippen LogP contribution in [0.2, 0.25) is 0 Å². The summed E-state index contributed by atoms with van der Waals surface area (Å²) in [5, 5.41) is 9.05. The van der Waals surface area contributed by atoms with Crippen LogP contribution in [0.1, 0.15) is 61.3 Å². The number of rotatable bonds is 6. The molecule has 0 spiro atoms. The van der Waals surface area contributed by atoms with Crippen LogP contribution < -0.4 is 0 Å². The average molecular weight is 292 g/mol. The Hall–Kier alpha value is -1.84. The molecule has 4 nitrogen and oxygen atoms in total. The normalized spacial score (nSPS) is 12.8. The highest BCUT2D eigenvalue weighted by atomic mass is 16.5. The quantitative estimate of drug-likeness (QED) is 0.805. The Morgan fingerprint density at radius 1 is 1.19 bits per heavy atom. The van der Waals surface area contributed by atoms with Crippen molar-refractivity contribution in [2.75, 3.05) is 6.61 Å². The molecule has 21 heavy (non-hydrogen) atoms. The second kappa shape index (κ2) is 7.25. The summed E-state index contributed by atoms with van der Waals surface area (Å²) in [6, 6.07) is 6.10. The number of carbonyl (C=O) groups excluding carboxylic acids is 1. The van der Waals surface area contributed by atoms with Crippen LogP contribution in [0.3, 0.4) is 0 Å². The topological polar surface area (TPSA) is 63.6 Å². The maximum atomic E-state index is 12.0. The highest BCUT2D eigenvalue weighted by Crippen LogP contribution is 2.25. The summed E-state index contributed by atoms with van der Waals surface area (Å²) >= 11 is 0. The minimum atomic E-state index is -1.12. The predicted molar refractivity (Wildman–Crippen MR) is 81.5 cm³/mol. The summed E-state index contributed by atoms with van der Waals surface area (Å²) in [4.78, 5) is 23.0.